The third kappa shape index (κ3) is 8.69. The molecule has 2 aromatic rings. The number of nitro benzene ring substituents is 1. The number of benzene rings is 2. The number of amides is 3. The Morgan fingerprint density at radius 1 is 0.969 bits per heavy atom. The lowest BCUT2D eigenvalue weighted by Gasteiger charge is -2.18. The summed E-state index contributed by atoms with van der Waals surface area (Å²) in [6.45, 7) is 0.107. The molecule has 4 N–H and O–H groups in total. The number of hydrogen-bond acceptors (Lipinski definition) is 7. The first-order valence-electron chi connectivity index (χ1n) is 9.75. The van der Waals surface area contributed by atoms with Gasteiger partial charge in [-0.1, -0.05) is 30.3 Å². The summed E-state index contributed by atoms with van der Waals surface area (Å²) in [7, 11) is 0. The van der Waals surface area contributed by atoms with Crippen LogP contribution in [0.2, 0.25) is 0 Å². The molecule has 170 valence electrons. The molecule has 0 aliphatic heterocycles. The van der Waals surface area contributed by atoms with Gasteiger partial charge in [-0.25, -0.2) is 14.4 Å². The summed E-state index contributed by atoms with van der Waals surface area (Å²) in [5, 5.41) is 15.6. The lowest BCUT2D eigenvalue weighted by Crippen LogP contribution is -2.42. The number of esters is 1. The number of rotatable bonds is 11. The number of nitrogens with zero attached hydrogens (tertiary/aromatic N) is 1. The van der Waals surface area contributed by atoms with E-state index in [1.807, 2.05) is 6.07 Å². The van der Waals surface area contributed by atoms with Gasteiger partial charge in [-0.05, 0) is 36.1 Å². The van der Waals surface area contributed by atoms with Crippen molar-refractivity contribution in [2.24, 2.45) is 5.73 Å². The summed E-state index contributed by atoms with van der Waals surface area (Å²) in [5.41, 5.74) is 6.26. The summed E-state index contributed by atoms with van der Waals surface area (Å²) in [5.74, 6) is -0.709. The molecule has 0 saturated heterocycles. The molecule has 1 atom stereocenters. The van der Waals surface area contributed by atoms with Crippen LogP contribution in [-0.4, -0.2) is 35.6 Å². The minimum absolute atomic E-state index is 0.0282. The van der Waals surface area contributed by atoms with Crippen molar-refractivity contribution in [3.05, 3.63) is 75.8 Å². The van der Waals surface area contributed by atoms with E-state index in [1.165, 1.54) is 24.3 Å². The Bertz CT molecular complexity index is 920. The summed E-state index contributed by atoms with van der Waals surface area (Å²) >= 11 is 0. The monoisotopic (exact) mass is 444 g/mol. The molecular formula is C21H24N4O7. The second kappa shape index (κ2) is 12.5. The molecule has 0 radical (unpaired) electrons. The third-order valence-electron chi connectivity index (χ3n) is 4.29. The van der Waals surface area contributed by atoms with Crippen LogP contribution in [-0.2, 0) is 27.5 Å². The Balaban J connectivity index is 1.91. The second-order valence-electron chi connectivity index (χ2n) is 6.72. The molecule has 0 heterocycles. The number of primary amides is 1. The van der Waals surface area contributed by atoms with Crippen molar-refractivity contribution in [1.82, 2.24) is 10.6 Å². The van der Waals surface area contributed by atoms with Crippen LogP contribution < -0.4 is 16.4 Å². The molecule has 2 aromatic carbocycles. The average Bonchev–Trinajstić information content (AvgIpc) is 2.78. The molecule has 0 fully saturated rings. The van der Waals surface area contributed by atoms with Gasteiger partial charge >= 0.3 is 18.1 Å². The smallest absolute Gasteiger partial charge is 0.408 e. The van der Waals surface area contributed by atoms with Gasteiger partial charge < -0.3 is 25.8 Å². The number of nitrogens with two attached hydrogens (primary N) is 1. The number of alkyl carbamates (subject to hydrolysis) is 1. The van der Waals surface area contributed by atoms with E-state index >= 15 is 0 Å². The Morgan fingerprint density at radius 3 is 2.22 bits per heavy atom. The van der Waals surface area contributed by atoms with Crippen molar-refractivity contribution in [2.45, 2.75) is 32.1 Å². The quantitative estimate of drug-likeness (QED) is 0.207. The molecule has 0 aliphatic rings. The van der Waals surface area contributed by atoms with Gasteiger partial charge in [0.25, 0.3) is 5.69 Å². The molecule has 0 saturated carbocycles. The van der Waals surface area contributed by atoms with Gasteiger partial charge in [0.1, 0.15) is 19.3 Å². The maximum Gasteiger partial charge on any atom is 0.408 e. The van der Waals surface area contributed by atoms with E-state index in [4.69, 9.17) is 15.2 Å². The van der Waals surface area contributed by atoms with Crippen molar-refractivity contribution in [1.29, 1.82) is 0 Å². The number of nitrogens with one attached hydrogen (secondary N) is 2. The van der Waals surface area contributed by atoms with Crippen LogP contribution in [0.15, 0.2) is 54.6 Å². The zero-order valence-electron chi connectivity index (χ0n) is 17.2. The Morgan fingerprint density at radius 2 is 1.59 bits per heavy atom. The summed E-state index contributed by atoms with van der Waals surface area (Å²) in [4.78, 5) is 45.6. The van der Waals surface area contributed by atoms with E-state index in [-0.39, 0.29) is 31.9 Å². The van der Waals surface area contributed by atoms with Gasteiger partial charge in [-0.15, -0.1) is 0 Å². The van der Waals surface area contributed by atoms with Crippen molar-refractivity contribution in [3.8, 4) is 0 Å². The first-order chi connectivity index (χ1) is 15.3. The summed E-state index contributed by atoms with van der Waals surface area (Å²) in [6.07, 6.45) is -0.284. The van der Waals surface area contributed by atoms with Crippen LogP contribution >= 0.6 is 0 Å². The van der Waals surface area contributed by atoms with Crippen molar-refractivity contribution < 1.29 is 28.8 Å². The topological polar surface area (TPSA) is 163 Å². The highest BCUT2D eigenvalue weighted by Crippen LogP contribution is 2.13. The van der Waals surface area contributed by atoms with Crippen molar-refractivity contribution in [2.75, 3.05) is 6.54 Å². The Hall–Kier alpha value is -4.15. The lowest BCUT2D eigenvalue weighted by molar-refractivity contribution is -0.384. The van der Waals surface area contributed by atoms with E-state index in [0.29, 0.717) is 12.0 Å². The van der Waals surface area contributed by atoms with Gasteiger partial charge in [0, 0.05) is 18.7 Å². The molecule has 2 rings (SSSR count). The van der Waals surface area contributed by atoms with E-state index in [1.54, 1.807) is 24.3 Å². The van der Waals surface area contributed by atoms with Gasteiger partial charge in [-0.2, -0.15) is 0 Å². The largest absolute Gasteiger partial charge is 0.459 e. The standard InChI is InChI=1S/C21H24N4O7/c22-20(27)23-12-4-7-18(24-21(28)32-14-15-5-2-1-3-6-15)19(26)31-13-16-8-10-17(11-9-16)25(29)30/h1-3,5-6,8-11,18H,4,7,12-14H2,(H,24,28)(H3,22,23,27)/t18-/m0/s1. The zero-order chi connectivity index (χ0) is 23.3. The predicted molar refractivity (Wildman–Crippen MR) is 113 cm³/mol. The van der Waals surface area contributed by atoms with Gasteiger partial charge in [0.15, 0.2) is 0 Å². The molecule has 11 heteroatoms. The van der Waals surface area contributed by atoms with Crippen molar-refractivity contribution >= 4 is 23.8 Å². The third-order valence-corrected chi connectivity index (χ3v) is 4.29. The van der Waals surface area contributed by atoms with Crippen LogP contribution in [0.1, 0.15) is 24.0 Å². The van der Waals surface area contributed by atoms with Crippen LogP contribution in [0.25, 0.3) is 0 Å². The lowest BCUT2D eigenvalue weighted by atomic mass is 10.1. The average molecular weight is 444 g/mol. The fraction of sp³-hybridized carbons (Fsp3) is 0.286. The van der Waals surface area contributed by atoms with Gasteiger partial charge in [0.05, 0.1) is 4.92 Å². The summed E-state index contributed by atoms with van der Waals surface area (Å²) < 4.78 is 10.4. The van der Waals surface area contributed by atoms with E-state index < -0.39 is 29.1 Å². The molecule has 0 aliphatic carbocycles. The number of ether oxygens (including phenoxy) is 2. The molecule has 32 heavy (non-hydrogen) atoms. The van der Waals surface area contributed by atoms with E-state index in [2.05, 4.69) is 10.6 Å². The number of carbonyl (C=O) groups is 3. The highest BCUT2D eigenvalue weighted by atomic mass is 16.6. The first kappa shape index (κ1) is 24.1. The fourth-order valence-electron chi connectivity index (χ4n) is 2.64. The van der Waals surface area contributed by atoms with Crippen LogP contribution in [0.4, 0.5) is 15.3 Å². The predicted octanol–water partition coefficient (Wildman–Crippen LogP) is 2.38. The molecule has 0 aromatic heterocycles. The van der Waals surface area contributed by atoms with Gasteiger partial charge in [0.2, 0.25) is 0 Å². The number of hydrogen-bond donors (Lipinski definition) is 3. The maximum atomic E-state index is 12.5. The molecule has 3 amide bonds. The highest BCUT2D eigenvalue weighted by Gasteiger charge is 2.23. The van der Waals surface area contributed by atoms with Crippen LogP contribution in [0.3, 0.4) is 0 Å². The molecular weight excluding hydrogens is 420 g/mol. The Labute approximate surface area is 184 Å². The van der Waals surface area contributed by atoms with Crippen molar-refractivity contribution in [3.63, 3.8) is 0 Å². The molecule has 0 bridgehead atoms. The van der Waals surface area contributed by atoms with Crippen LogP contribution in [0.5, 0.6) is 0 Å². The minimum Gasteiger partial charge on any atom is -0.459 e. The molecule has 0 unspecified atom stereocenters. The number of non-ortho nitro benzene ring substituents is 1. The highest BCUT2D eigenvalue weighted by molar-refractivity contribution is 5.81. The SMILES string of the molecule is NC(=O)NCCC[C@H](NC(=O)OCc1ccccc1)C(=O)OCc1ccc([N+](=O)[O-])cc1. The number of carbonyl (C=O) groups excluding carboxylic acids is 3. The normalized spacial score (nSPS) is 11.1. The second-order valence-corrected chi connectivity index (χ2v) is 6.72. The number of urea groups is 1. The summed E-state index contributed by atoms with van der Waals surface area (Å²) in [6, 6.07) is 12.9. The van der Waals surface area contributed by atoms with E-state index in [9.17, 15) is 24.5 Å². The fourth-order valence-corrected chi connectivity index (χ4v) is 2.64. The van der Waals surface area contributed by atoms with E-state index in [0.717, 1.165) is 5.56 Å². The zero-order valence-corrected chi connectivity index (χ0v) is 17.2. The molecule has 0 spiro atoms. The number of nitro groups is 1. The van der Waals surface area contributed by atoms with Gasteiger partial charge in [-0.3, -0.25) is 10.1 Å². The maximum absolute atomic E-state index is 12.5. The first-order valence-corrected chi connectivity index (χ1v) is 9.75. The Kier molecular flexibility index (Phi) is 9.44. The minimum atomic E-state index is -1.02. The molecule has 11 nitrogen and oxygen atoms in total. The van der Waals surface area contributed by atoms with Crippen LogP contribution in [0, 0.1) is 10.1 Å².